The van der Waals surface area contributed by atoms with Gasteiger partial charge in [-0.05, 0) is 71.7 Å². The zero-order valence-electron chi connectivity index (χ0n) is 21.5. The fraction of sp³-hybridized carbons (Fsp3) is 0.161. The van der Waals surface area contributed by atoms with E-state index in [1.165, 1.54) is 18.5 Å². The fourth-order valence-corrected chi connectivity index (χ4v) is 4.35. The van der Waals surface area contributed by atoms with Crippen LogP contribution < -0.4 is 10.1 Å². The van der Waals surface area contributed by atoms with Crippen LogP contribution in [0.15, 0.2) is 97.1 Å². The number of anilines is 2. The zero-order valence-corrected chi connectivity index (χ0v) is 22.3. The van der Waals surface area contributed by atoms with Gasteiger partial charge < -0.3 is 19.5 Å². The average Bonchev–Trinajstić information content (AvgIpc) is 2.95. The summed E-state index contributed by atoms with van der Waals surface area (Å²) in [5.74, 6) is 0.860. The van der Waals surface area contributed by atoms with Crippen molar-refractivity contribution in [2.24, 2.45) is 0 Å². The summed E-state index contributed by atoms with van der Waals surface area (Å²) in [7, 11) is 1.61. The summed E-state index contributed by atoms with van der Waals surface area (Å²) in [5.41, 5.74) is 5.55. The first kappa shape index (κ1) is 26.4. The highest BCUT2D eigenvalue weighted by atomic mass is 35.5. The van der Waals surface area contributed by atoms with Crippen molar-refractivity contribution >= 4 is 39.6 Å². The van der Waals surface area contributed by atoms with Crippen molar-refractivity contribution in [1.29, 1.82) is 0 Å². The van der Waals surface area contributed by atoms with Gasteiger partial charge in [0, 0.05) is 24.6 Å². The molecule has 0 radical (unpaired) electrons. The smallest absolute Gasteiger partial charge is 0.195 e. The number of hydrogen-bond donors (Lipinski definition) is 1. The maximum Gasteiger partial charge on any atom is 0.195 e. The summed E-state index contributed by atoms with van der Waals surface area (Å²) < 4.78 is 30.0. The van der Waals surface area contributed by atoms with E-state index in [1.54, 1.807) is 37.6 Å². The molecule has 0 fully saturated rings. The molecule has 5 rings (SSSR count). The summed E-state index contributed by atoms with van der Waals surface area (Å²) in [6.07, 6.45) is 9.81. The van der Waals surface area contributed by atoms with Crippen molar-refractivity contribution in [3.63, 3.8) is 0 Å². The molecule has 4 aromatic rings. The van der Waals surface area contributed by atoms with Gasteiger partial charge in [-0.15, -0.1) is 0 Å². The maximum absolute atomic E-state index is 13.4. The van der Waals surface area contributed by atoms with Crippen molar-refractivity contribution in [3.8, 4) is 5.75 Å². The number of hydrogen-bond acceptors (Lipinski definition) is 6. The molecular weight excluding hydrogens is 517 g/mol. The van der Waals surface area contributed by atoms with Crippen LogP contribution in [0.3, 0.4) is 0 Å². The van der Waals surface area contributed by atoms with Crippen LogP contribution in [0.1, 0.15) is 24.5 Å². The molecule has 1 aliphatic rings. The molecule has 1 heterocycles. The minimum absolute atomic E-state index is 0.211. The molecule has 8 heteroatoms. The molecule has 0 saturated carbocycles. The molecule has 39 heavy (non-hydrogen) atoms. The van der Waals surface area contributed by atoms with E-state index in [-0.39, 0.29) is 18.7 Å². The van der Waals surface area contributed by atoms with E-state index in [1.807, 2.05) is 31.2 Å². The van der Waals surface area contributed by atoms with Gasteiger partial charge in [0.1, 0.15) is 30.3 Å². The lowest BCUT2D eigenvalue weighted by Gasteiger charge is -2.15. The third-order valence-corrected chi connectivity index (χ3v) is 6.52. The molecule has 0 saturated heterocycles. The van der Waals surface area contributed by atoms with Gasteiger partial charge in [0.05, 0.1) is 16.8 Å². The number of aromatic nitrogens is 2. The van der Waals surface area contributed by atoms with Crippen molar-refractivity contribution in [1.82, 2.24) is 9.97 Å². The molecular formula is C31H27ClFN3O3. The van der Waals surface area contributed by atoms with E-state index in [0.717, 1.165) is 45.3 Å². The number of benzene rings is 3. The highest BCUT2D eigenvalue weighted by Gasteiger charge is 2.12. The first-order valence-corrected chi connectivity index (χ1v) is 12.8. The first-order valence-electron chi connectivity index (χ1n) is 12.4. The predicted octanol–water partition coefficient (Wildman–Crippen LogP) is 7.98. The lowest BCUT2D eigenvalue weighted by atomic mass is 9.94. The zero-order chi connectivity index (χ0) is 27.2. The largest absolute Gasteiger partial charge is 0.487 e. The average molecular weight is 544 g/mol. The predicted molar refractivity (Wildman–Crippen MR) is 152 cm³/mol. The summed E-state index contributed by atoms with van der Waals surface area (Å²) in [4.78, 5) is 8.92. The molecule has 198 valence electrons. The molecule has 0 bridgehead atoms. The Bertz CT molecular complexity index is 1580. The third kappa shape index (κ3) is 6.63. The Morgan fingerprint density at radius 1 is 1.10 bits per heavy atom. The van der Waals surface area contributed by atoms with Crippen LogP contribution in [0.2, 0.25) is 5.02 Å². The van der Waals surface area contributed by atoms with Gasteiger partial charge in [0.2, 0.25) is 0 Å². The lowest BCUT2D eigenvalue weighted by molar-refractivity contribution is -0.0684. The standard InChI is InChI=1S/C31H27ClFN3O3/c1-20(37-2)38-17-21-5-3-7-23(13-21)24-9-11-29-27(15-24)31(35-19-34-29)36-26-10-12-30(28(32)16-26)39-18-22-6-4-8-25(33)14-22/h3-12,14-17,19-20H,13,18H2,1-2H3,(H,34,35,36). The fourth-order valence-electron chi connectivity index (χ4n) is 4.12. The van der Waals surface area contributed by atoms with Gasteiger partial charge in [-0.2, -0.15) is 0 Å². The molecule has 1 aromatic heterocycles. The summed E-state index contributed by atoms with van der Waals surface area (Å²) in [6.45, 7) is 2.06. The number of rotatable bonds is 9. The lowest BCUT2D eigenvalue weighted by Crippen LogP contribution is -2.06. The minimum atomic E-state index is -0.311. The highest BCUT2D eigenvalue weighted by molar-refractivity contribution is 6.32. The van der Waals surface area contributed by atoms with E-state index in [0.29, 0.717) is 16.6 Å². The Morgan fingerprint density at radius 2 is 2.00 bits per heavy atom. The second-order valence-electron chi connectivity index (χ2n) is 9.00. The van der Waals surface area contributed by atoms with Crippen molar-refractivity contribution in [2.45, 2.75) is 26.2 Å². The monoisotopic (exact) mass is 543 g/mol. The maximum atomic E-state index is 13.4. The van der Waals surface area contributed by atoms with E-state index >= 15 is 0 Å². The Kier molecular flexibility index (Phi) is 8.20. The third-order valence-electron chi connectivity index (χ3n) is 6.23. The van der Waals surface area contributed by atoms with Crippen molar-refractivity contribution in [3.05, 3.63) is 119 Å². The van der Waals surface area contributed by atoms with Crippen LogP contribution in [0, 0.1) is 5.82 Å². The number of halogens is 2. The number of allylic oxidation sites excluding steroid dienone is 5. The van der Waals surface area contributed by atoms with Gasteiger partial charge in [-0.25, -0.2) is 14.4 Å². The van der Waals surface area contributed by atoms with Crippen molar-refractivity contribution < 1.29 is 18.6 Å². The van der Waals surface area contributed by atoms with Crippen LogP contribution >= 0.6 is 11.6 Å². The van der Waals surface area contributed by atoms with Gasteiger partial charge >= 0.3 is 0 Å². The van der Waals surface area contributed by atoms with E-state index in [9.17, 15) is 4.39 Å². The number of methoxy groups -OCH3 is 1. The van der Waals surface area contributed by atoms with E-state index in [4.69, 9.17) is 25.8 Å². The quantitative estimate of drug-likeness (QED) is 0.170. The number of nitrogens with one attached hydrogen (secondary N) is 1. The second-order valence-corrected chi connectivity index (χ2v) is 9.41. The van der Waals surface area contributed by atoms with Crippen LogP contribution in [-0.4, -0.2) is 23.4 Å². The van der Waals surface area contributed by atoms with Crippen molar-refractivity contribution in [2.75, 3.05) is 12.4 Å². The normalized spacial score (nSPS) is 14.8. The Morgan fingerprint density at radius 3 is 2.82 bits per heavy atom. The topological polar surface area (TPSA) is 65.5 Å². The Balaban J connectivity index is 1.33. The molecule has 1 N–H and O–H groups in total. The van der Waals surface area contributed by atoms with Crippen LogP contribution in [0.25, 0.3) is 16.5 Å². The molecule has 0 spiro atoms. The van der Waals surface area contributed by atoms with Gasteiger partial charge in [0.15, 0.2) is 6.29 Å². The molecule has 1 atom stereocenters. The number of fused-ring (bicyclic) bond motifs is 1. The van der Waals surface area contributed by atoms with Crippen LogP contribution in [-0.2, 0) is 16.1 Å². The highest BCUT2D eigenvalue weighted by Crippen LogP contribution is 2.33. The summed E-state index contributed by atoms with van der Waals surface area (Å²) >= 11 is 6.50. The van der Waals surface area contributed by atoms with Gasteiger partial charge in [0.25, 0.3) is 0 Å². The molecule has 0 amide bonds. The number of nitrogens with zero attached hydrogens (tertiary/aromatic N) is 2. The number of ether oxygens (including phenoxy) is 3. The minimum Gasteiger partial charge on any atom is -0.487 e. The van der Waals surface area contributed by atoms with Crippen LogP contribution in [0.4, 0.5) is 15.9 Å². The molecule has 0 aliphatic heterocycles. The Hall–Kier alpha value is -4.20. The summed E-state index contributed by atoms with van der Waals surface area (Å²) in [6, 6.07) is 17.8. The second kappa shape index (κ2) is 12.1. The SMILES string of the molecule is COC(C)OC=C1C=CC=C(c2ccc3ncnc(Nc4ccc(OCc5cccc(F)c5)c(Cl)c4)c3c2)C1. The summed E-state index contributed by atoms with van der Waals surface area (Å²) in [5, 5.41) is 4.66. The molecule has 1 unspecified atom stereocenters. The Labute approximate surface area is 231 Å². The van der Waals surface area contributed by atoms with Gasteiger partial charge in [-0.1, -0.05) is 48.0 Å². The molecule has 1 aliphatic carbocycles. The molecule has 3 aromatic carbocycles. The molecule has 6 nitrogen and oxygen atoms in total. The van der Waals surface area contributed by atoms with Gasteiger partial charge in [-0.3, -0.25) is 0 Å². The van der Waals surface area contributed by atoms with E-state index in [2.05, 4.69) is 33.5 Å². The van der Waals surface area contributed by atoms with Crippen LogP contribution in [0.5, 0.6) is 5.75 Å². The van der Waals surface area contributed by atoms with E-state index < -0.39 is 0 Å². The first-order chi connectivity index (χ1) is 19.0.